The first kappa shape index (κ1) is 11.1. The number of hydrogen-bond acceptors (Lipinski definition) is 2. The molecule has 0 aliphatic rings. The Morgan fingerprint density at radius 1 is 1.06 bits per heavy atom. The normalized spacial score (nSPS) is 10.7. The van der Waals surface area contributed by atoms with Gasteiger partial charge in [0.1, 0.15) is 0 Å². The maximum absolute atomic E-state index is 5.14. The molecule has 0 aliphatic carbocycles. The summed E-state index contributed by atoms with van der Waals surface area (Å²) < 4.78 is 0.526. The molecule has 18 heavy (non-hydrogen) atoms. The molecule has 0 atom stereocenters. The number of benzene rings is 2. The van der Waals surface area contributed by atoms with E-state index in [0.717, 1.165) is 17.0 Å². The fraction of sp³-hybridized carbons (Fsp3) is 0.0667. The lowest BCUT2D eigenvalue weighted by molar-refractivity contribution is 1.08. The van der Waals surface area contributed by atoms with Crippen LogP contribution >= 0.6 is 12.2 Å². The molecule has 0 radical (unpaired) electrons. The molecule has 0 unspecified atom stereocenters. The van der Waals surface area contributed by atoms with Crippen molar-refractivity contribution in [1.82, 2.24) is 9.97 Å². The number of H-pyrrole nitrogens is 1. The van der Waals surface area contributed by atoms with Gasteiger partial charge in [-0.05, 0) is 36.0 Å². The molecule has 3 aromatic rings. The number of fused-ring (bicyclic) bond motifs is 1. The number of nitrogens with zero attached hydrogens (tertiary/aromatic N) is 1. The smallest absolute Gasteiger partial charge is 0.197 e. The highest BCUT2D eigenvalue weighted by molar-refractivity contribution is 7.71. The second-order valence-corrected chi connectivity index (χ2v) is 4.67. The summed E-state index contributed by atoms with van der Waals surface area (Å²) in [5.41, 5.74) is 3.07. The van der Waals surface area contributed by atoms with Gasteiger partial charge < -0.3 is 4.98 Å². The lowest BCUT2D eigenvalue weighted by atomic mass is 10.0. The van der Waals surface area contributed by atoms with Crippen molar-refractivity contribution in [2.45, 2.75) is 6.92 Å². The topological polar surface area (TPSA) is 28.7 Å². The molecule has 0 fully saturated rings. The zero-order valence-electron chi connectivity index (χ0n) is 9.97. The standard InChI is InChI=1S/C15H12N2S/c1-10-9-14(17-15(18)16-10)13-8-4-6-11-5-2-3-7-12(11)13/h2-9H,1H3,(H,16,17,18). The Morgan fingerprint density at radius 2 is 1.83 bits per heavy atom. The highest BCUT2D eigenvalue weighted by atomic mass is 32.1. The van der Waals surface area contributed by atoms with Gasteiger partial charge in [-0.1, -0.05) is 42.5 Å². The van der Waals surface area contributed by atoms with Crippen LogP contribution < -0.4 is 0 Å². The Morgan fingerprint density at radius 3 is 2.67 bits per heavy atom. The Kier molecular flexibility index (Phi) is 2.68. The molecule has 2 aromatic carbocycles. The zero-order valence-corrected chi connectivity index (χ0v) is 10.8. The largest absolute Gasteiger partial charge is 0.335 e. The number of aryl methyl sites for hydroxylation is 1. The third kappa shape index (κ3) is 1.93. The van der Waals surface area contributed by atoms with Gasteiger partial charge in [-0.25, -0.2) is 4.98 Å². The molecular weight excluding hydrogens is 240 g/mol. The van der Waals surface area contributed by atoms with Crippen molar-refractivity contribution in [3.05, 3.63) is 59.0 Å². The Bertz CT molecular complexity index is 769. The van der Waals surface area contributed by atoms with Crippen LogP contribution in [0.25, 0.3) is 22.0 Å². The number of aromatic nitrogens is 2. The third-order valence-corrected chi connectivity index (χ3v) is 3.14. The molecule has 0 saturated carbocycles. The van der Waals surface area contributed by atoms with Crippen molar-refractivity contribution >= 4 is 23.0 Å². The Labute approximate surface area is 110 Å². The fourth-order valence-corrected chi connectivity index (χ4v) is 2.43. The van der Waals surface area contributed by atoms with Crippen molar-refractivity contribution in [3.8, 4) is 11.3 Å². The first-order valence-corrected chi connectivity index (χ1v) is 6.21. The Hall–Kier alpha value is -2.00. The van der Waals surface area contributed by atoms with Crippen molar-refractivity contribution < 1.29 is 0 Å². The van der Waals surface area contributed by atoms with Gasteiger partial charge in [-0.3, -0.25) is 0 Å². The molecule has 1 aromatic heterocycles. The van der Waals surface area contributed by atoms with Gasteiger partial charge in [0.25, 0.3) is 0 Å². The molecular formula is C15H12N2S. The quantitative estimate of drug-likeness (QED) is 0.655. The van der Waals surface area contributed by atoms with E-state index in [4.69, 9.17) is 12.2 Å². The molecule has 2 nitrogen and oxygen atoms in total. The van der Waals surface area contributed by atoms with Gasteiger partial charge in [0, 0.05) is 11.3 Å². The van der Waals surface area contributed by atoms with Crippen LogP contribution in [-0.4, -0.2) is 9.97 Å². The second kappa shape index (κ2) is 4.35. The summed E-state index contributed by atoms with van der Waals surface area (Å²) in [5.74, 6) is 0. The molecule has 0 amide bonds. The van der Waals surface area contributed by atoms with Crippen LogP contribution in [0, 0.1) is 11.7 Å². The van der Waals surface area contributed by atoms with Crippen LogP contribution in [-0.2, 0) is 0 Å². The lowest BCUT2D eigenvalue weighted by Crippen LogP contribution is -1.91. The summed E-state index contributed by atoms with van der Waals surface area (Å²) in [6, 6.07) is 16.6. The molecule has 0 spiro atoms. The molecule has 3 rings (SSSR count). The highest BCUT2D eigenvalue weighted by Gasteiger charge is 2.05. The Balaban J connectivity index is 2.34. The van der Waals surface area contributed by atoms with Crippen LogP contribution in [0.2, 0.25) is 0 Å². The number of nitrogens with one attached hydrogen (secondary N) is 1. The van der Waals surface area contributed by atoms with E-state index < -0.39 is 0 Å². The number of rotatable bonds is 1. The molecule has 3 heteroatoms. The fourth-order valence-electron chi connectivity index (χ4n) is 2.17. The van der Waals surface area contributed by atoms with Crippen LogP contribution in [0.15, 0.2) is 48.5 Å². The number of hydrogen-bond donors (Lipinski definition) is 1. The molecule has 0 aliphatic heterocycles. The van der Waals surface area contributed by atoms with Gasteiger partial charge in [0.05, 0.1) is 5.69 Å². The maximum Gasteiger partial charge on any atom is 0.197 e. The molecule has 0 saturated heterocycles. The van der Waals surface area contributed by atoms with E-state index in [-0.39, 0.29) is 0 Å². The highest BCUT2D eigenvalue weighted by Crippen LogP contribution is 2.27. The van der Waals surface area contributed by atoms with Crippen LogP contribution in [0.1, 0.15) is 5.69 Å². The molecule has 1 heterocycles. The van der Waals surface area contributed by atoms with Crippen molar-refractivity contribution in [2.24, 2.45) is 0 Å². The van der Waals surface area contributed by atoms with E-state index in [1.165, 1.54) is 10.8 Å². The van der Waals surface area contributed by atoms with Crippen LogP contribution in [0.3, 0.4) is 0 Å². The average molecular weight is 252 g/mol. The SMILES string of the molecule is Cc1cc(-c2cccc3ccccc23)nc(=S)[nH]1. The van der Waals surface area contributed by atoms with E-state index in [0.29, 0.717) is 4.77 Å². The van der Waals surface area contributed by atoms with E-state index in [1.54, 1.807) is 0 Å². The van der Waals surface area contributed by atoms with Crippen molar-refractivity contribution in [1.29, 1.82) is 0 Å². The van der Waals surface area contributed by atoms with Crippen LogP contribution in [0.4, 0.5) is 0 Å². The summed E-state index contributed by atoms with van der Waals surface area (Å²) >= 11 is 5.14. The van der Waals surface area contributed by atoms with Gasteiger partial charge in [0.2, 0.25) is 0 Å². The van der Waals surface area contributed by atoms with E-state index in [2.05, 4.69) is 40.3 Å². The summed E-state index contributed by atoms with van der Waals surface area (Å²) in [4.78, 5) is 7.45. The lowest BCUT2D eigenvalue weighted by Gasteiger charge is -2.06. The van der Waals surface area contributed by atoms with Gasteiger partial charge >= 0.3 is 0 Å². The molecule has 1 N–H and O–H groups in total. The molecule has 0 bridgehead atoms. The maximum atomic E-state index is 5.14. The zero-order chi connectivity index (χ0) is 12.5. The summed E-state index contributed by atoms with van der Waals surface area (Å²) in [7, 11) is 0. The number of aromatic amines is 1. The summed E-state index contributed by atoms with van der Waals surface area (Å²) in [6.45, 7) is 1.99. The van der Waals surface area contributed by atoms with Crippen molar-refractivity contribution in [3.63, 3.8) is 0 Å². The molecule has 88 valence electrons. The second-order valence-electron chi connectivity index (χ2n) is 4.28. The van der Waals surface area contributed by atoms with Crippen LogP contribution in [0.5, 0.6) is 0 Å². The minimum Gasteiger partial charge on any atom is -0.335 e. The third-order valence-electron chi connectivity index (χ3n) is 2.94. The predicted molar refractivity (Wildman–Crippen MR) is 77.1 cm³/mol. The minimum atomic E-state index is 0.526. The van der Waals surface area contributed by atoms with E-state index >= 15 is 0 Å². The average Bonchev–Trinajstić information content (AvgIpc) is 2.37. The van der Waals surface area contributed by atoms with Crippen molar-refractivity contribution in [2.75, 3.05) is 0 Å². The summed E-state index contributed by atoms with van der Waals surface area (Å²) in [6.07, 6.45) is 0. The monoisotopic (exact) mass is 252 g/mol. The van der Waals surface area contributed by atoms with E-state index in [9.17, 15) is 0 Å². The van der Waals surface area contributed by atoms with Gasteiger partial charge in [-0.2, -0.15) is 0 Å². The predicted octanol–water partition coefficient (Wildman–Crippen LogP) is 4.27. The first-order valence-electron chi connectivity index (χ1n) is 5.80. The first-order chi connectivity index (χ1) is 8.74. The van der Waals surface area contributed by atoms with Gasteiger partial charge in [0.15, 0.2) is 4.77 Å². The minimum absolute atomic E-state index is 0.526. The van der Waals surface area contributed by atoms with Gasteiger partial charge in [-0.15, -0.1) is 0 Å². The summed E-state index contributed by atoms with van der Waals surface area (Å²) in [5, 5.41) is 2.42. The van der Waals surface area contributed by atoms with E-state index in [1.807, 2.05) is 25.1 Å².